The highest BCUT2D eigenvalue weighted by molar-refractivity contribution is 7.46. The summed E-state index contributed by atoms with van der Waals surface area (Å²) in [5, 5.41) is 13.5. The third-order valence-electron chi connectivity index (χ3n) is 13.2. The van der Waals surface area contributed by atoms with Gasteiger partial charge in [0.05, 0.1) is 18.8 Å². The smallest absolute Gasteiger partial charge is 0.387 e. The molecule has 0 fully saturated rings. The summed E-state index contributed by atoms with van der Waals surface area (Å²) in [4.78, 5) is 31.1. The van der Waals surface area contributed by atoms with Gasteiger partial charge in [0, 0.05) is 6.42 Å². The van der Waals surface area contributed by atoms with Crippen molar-refractivity contribution in [3.05, 3.63) is 12.2 Å². The van der Waals surface area contributed by atoms with Crippen LogP contribution in [0.5, 0.6) is 0 Å². The average Bonchev–Trinajstić information content (AvgIpc) is 3.26. The van der Waals surface area contributed by atoms with Gasteiger partial charge in [0.1, 0.15) is 0 Å². The van der Waals surface area contributed by atoms with Crippen molar-refractivity contribution >= 4 is 13.7 Å². The summed E-state index contributed by atoms with van der Waals surface area (Å²) in [6.45, 7) is 4.12. The maximum Gasteiger partial charge on any atom is 0.469 e. The molecular weight excluding hydrogens is 802 g/mol. The Hall–Kier alpha value is -0.720. The van der Waals surface area contributed by atoms with E-state index in [2.05, 4.69) is 23.7 Å². The molecule has 4 N–H and O–H groups in total. The number of phosphoric ester groups is 1. The molecule has 0 aromatic carbocycles. The Morgan fingerprint density at radius 1 is 0.444 bits per heavy atom. The van der Waals surface area contributed by atoms with E-state index in [4.69, 9.17) is 0 Å². The van der Waals surface area contributed by atoms with Crippen LogP contribution in [0.3, 0.4) is 0 Å². The minimum atomic E-state index is -4.72. The van der Waals surface area contributed by atoms with Crippen LogP contribution in [0.4, 0.5) is 0 Å². The van der Waals surface area contributed by atoms with Gasteiger partial charge < -0.3 is 20.2 Å². The molecule has 0 radical (unpaired) electrons. The molecule has 0 rings (SSSR count). The van der Waals surface area contributed by atoms with Crippen molar-refractivity contribution in [2.75, 3.05) is 6.61 Å². The number of aliphatic hydroxyl groups is 1. The van der Waals surface area contributed by atoms with Gasteiger partial charge in [-0.1, -0.05) is 302 Å². The van der Waals surface area contributed by atoms with E-state index in [0.29, 0.717) is 6.42 Å². The highest BCUT2D eigenvalue weighted by atomic mass is 31.2. The van der Waals surface area contributed by atoms with Crippen molar-refractivity contribution in [3.63, 3.8) is 0 Å². The number of nitrogens with one attached hydrogen (secondary N) is 1. The monoisotopic (exact) mass is 912 g/mol. The molecule has 0 spiro atoms. The first-order valence-corrected chi connectivity index (χ1v) is 29.7. The van der Waals surface area contributed by atoms with Crippen molar-refractivity contribution in [2.45, 2.75) is 328 Å². The summed E-state index contributed by atoms with van der Waals surface area (Å²) in [5.41, 5.74) is 0. The van der Waals surface area contributed by atoms with Crippen LogP contribution in [0.15, 0.2) is 12.2 Å². The molecule has 7 nitrogen and oxygen atoms in total. The predicted molar refractivity (Wildman–Crippen MR) is 273 cm³/mol. The van der Waals surface area contributed by atoms with Crippen LogP contribution in [0.1, 0.15) is 316 Å². The fraction of sp³-hybridized carbons (Fsp3) is 0.945. The number of aliphatic hydroxyl groups excluding tert-OH is 1. The van der Waals surface area contributed by atoms with E-state index < -0.39 is 26.6 Å². The summed E-state index contributed by atoms with van der Waals surface area (Å²) in [6, 6.07) is -0.906. The van der Waals surface area contributed by atoms with E-state index in [0.717, 1.165) is 38.5 Å². The van der Waals surface area contributed by atoms with Crippen LogP contribution in [0.2, 0.25) is 0 Å². The highest BCUT2D eigenvalue weighted by Crippen LogP contribution is 2.36. The van der Waals surface area contributed by atoms with Gasteiger partial charge in [-0.25, -0.2) is 4.57 Å². The lowest BCUT2D eigenvalue weighted by atomic mass is 10.0. The van der Waals surface area contributed by atoms with Crippen molar-refractivity contribution in [1.29, 1.82) is 0 Å². The molecule has 0 saturated carbocycles. The van der Waals surface area contributed by atoms with E-state index in [1.54, 1.807) is 6.08 Å². The molecule has 1 amide bonds. The molecule has 0 unspecified atom stereocenters. The predicted octanol–water partition coefficient (Wildman–Crippen LogP) is 17.9. The molecule has 0 bridgehead atoms. The normalized spacial score (nSPS) is 13.0. The largest absolute Gasteiger partial charge is 0.469 e. The Labute approximate surface area is 393 Å². The van der Waals surface area contributed by atoms with Crippen LogP contribution in [0, 0.1) is 0 Å². The van der Waals surface area contributed by atoms with E-state index in [1.165, 1.54) is 257 Å². The SMILES string of the molecule is CCCCCCCCCCCCCCCC/C=C/[C@@H](O)[C@H](COP(=O)(O)O)NC(=O)CCCCCCCCCCCCCCCCCCCCCCCCCCCCCCCCC. The first-order valence-electron chi connectivity index (χ1n) is 28.1. The van der Waals surface area contributed by atoms with Gasteiger partial charge in [-0.15, -0.1) is 0 Å². The molecule has 0 heterocycles. The maximum absolute atomic E-state index is 12.7. The zero-order chi connectivity index (χ0) is 46.0. The van der Waals surface area contributed by atoms with E-state index in [9.17, 15) is 24.3 Å². The van der Waals surface area contributed by atoms with E-state index in [1.807, 2.05) is 6.08 Å². The van der Waals surface area contributed by atoms with Crippen LogP contribution in [0.25, 0.3) is 0 Å². The molecular formula is C55H110NO6P. The number of amides is 1. The fourth-order valence-electron chi connectivity index (χ4n) is 8.99. The molecule has 0 aromatic rings. The number of rotatable bonds is 53. The maximum atomic E-state index is 12.7. The van der Waals surface area contributed by atoms with Gasteiger partial charge >= 0.3 is 7.82 Å². The van der Waals surface area contributed by atoms with E-state index in [-0.39, 0.29) is 5.91 Å². The first-order chi connectivity index (χ1) is 30.8. The van der Waals surface area contributed by atoms with Gasteiger partial charge in [-0.2, -0.15) is 0 Å². The highest BCUT2D eigenvalue weighted by Gasteiger charge is 2.24. The van der Waals surface area contributed by atoms with Crippen LogP contribution in [-0.4, -0.2) is 39.6 Å². The minimum Gasteiger partial charge on any atom is -0.387 e. The summed E-state index contributed by atoms with van der Waals surface area (Å²) >= 11 is 0. The molecule has 0 aliphatic rings. The lowest BCUT2D eigenvalue weighted by Crippen LogP contribution is -2.45. The van der Waals surface area contributed by atoms with Crippen LogP contribution >= 0.6 is 7.82 Å². The fourth-order valence-corrected chi connectivity index (χ4v) is 9.35. The van der Waals surface area contributed by atoms with Gasteiger partial charge in [0.15, 0.2) is 0 Å². The van der Waals surface area contributed by atoms with Crippen LogP contribution in [-0.2, 0) is 13.9 Å². The van der Waals surface area contributed by atoms with Crippen LogP contribution < -0.4 is 5.32 Å². The van der Waals surface area contributed by atoms with Gasteiger partial charge in [-0.05, 0) is 19.3 Å². The Morgan fingerprint density at radius 2 is 0.698 bits per heavy atom. The zero-order valence-electron chi connectivity index (χ0n) is 42.3. The third kappa shape index (κ3) is 52.1. The number of hydrogen-bond donors (Lipinski definition) is 4. The molecule has 2 atom stereocenters. The van der Waals surface area contributed by atoms with Crippen molar-refractivity contribution < 1.29 is 28.8 Å². The summed E-state index contributed by atoms with van der Waals surface area (Å²) in [5.74, 6) is -0.218. The molecule has 63 heavy (non-hydrogen) atoms. The first kappa shape index (κ1) is 62.3. The molecule has 0 aliphatic carbocycles. The summed E-state index contributed by atoms with van der Waals surface area (Å²) < 4.78 is 16.0. The number of allylic oxidation sites excluding steroid dienone is 1. The Kier molecular flexibility index (Phi) is 50.1. The van der Waals surface area contributed by atoms with Crippen molar-refractivity contribution in [1.82, 2.24) is 5.32 Å². The molecule has 0 aromatic heterocycles. The second-order valence-electron chi connectivity index (χ2n) is 19.6. The molecule has 376 valence electrons. The lowest BCUT2D eigenvalue weighted by molar-refractivity contribution is -0.123. The van der Waals surface area contributed by atoms with E-state index >= 15 is 0 Å². The Balaban J connectivity index is 3.68. The standard InChI is InChI=1S/C55H110NO6P/c1-3-5-7-9-11-13-15-17-19-21-22-23-24-25-26-27-28-29-30-31-32-33-34-35-37-39-41-43-45-47-49-51-55(58)56-53(52-62-63(59,60)61)54(57)50-48-46-44-42-40-38-36-20-18-16-14-12-10-8-6-4-2/h48,50,53-54,57H,3-47,49,51-52H2,1-2H3,(H,56,58)(H2,59,60,61)/b50-48+/t53-,54+/m0/s1. The number of carbonyl (C=O) groups excluding carboxylic acids is 1. The Bertz CT molecular complexity index is 988. The van der Waals surface area contributed by atoms with Gasteiger partial charge in [0.25, 0.3) is 0 Å². The number of phosphoric acid groups is 1. The van der Waals surface area contributed by atoms with Crippen molar-refractivity contribution in [3.8, 4) is 0 Å². The minimum absolute atomic E-state index is 0.218. The topological polar surface area (TPSA) is 116 Å². The average molecular weight is 912 g/mol. The second kappa shape index (κ2) is 50.7. The summed E-state index contributed by atoms with van der Waals surface area (Å²) in [6.07, 6.45) is 64.3. The van der Waals surface area contributed by atoms with Gasteiger partial charge in [0.2, 0.25) is 5.91 Å². The quantitative estimate of drug-likeness (QED) is 0.0274. The number of carbonyl (C=O) groups is 1. The number of hydrogen-bond acceptors (Lipinski definition) is 4. The molecule has 0 aliphatic heterocycles. The Morgan fingerprint density at radius 3 is 0.968 bits per heavy atom. The molecule has 8 heteroatoms. The van der Waals surface area contributed by atoms with Crippen molar-refractivity contribution in [2.24, 2.45) is 0 Å². The second-order valence-corrected chi connectivity index (χ2v) is 20.9. The zero-order valence-corrected chi connectivity index (χ0v) is 43.2. The lowest BCUT2D eigenvalue weighted by Gasteiger charge is -2.22. The summed E-state index contributed by atoms with van der Waals surface area (Å²) in [7, 11) is -4.72. The third-order valence-corrected chi connectivity index (χ3v) is 13.7. The van der Waals surface area contributed by atoms with Gasteiger partial charge in [-0.3, -0.25) is 9.32 Å². The molecule has 0 saturated heterocycles. The number of unbranched alkanes of at least 4 members (excludes halogenated alkanes) is 44.